The molecule has 0 aliphatic rings. The number of aryl methyl sites for hydroxylation is 2. The summed E-state index contributed by atoms with van der Waals surface area (Å²) in [6.07, 6.45) is 1.87. The topological polar surface area (TPSA) is 48.9 Å². The Hall–Kier alpha value is -1.87. The molecule has 0 radical (unpaired) electrons. The number of benzene rings is 1. The molecule has 2 heterocycles. The van der Waals surface area contributed by atoms with Gasteiger partial charge < -0.3 is 10.1 Å². The van der Waals surface area contributed by atoms with E-state index in [0.717, 1.165) is 11.2 Å². The highest BCUT2D eigenvalue weighted by molar-refractivity contribution is 6.07. The second kappa shape index (κ2) is 7.65. The third-order valence-electron chi connectivity index (χ3n) is 2.87. The number of hydrogen-bond acceptors (Lipinski definition) is 2. The molecule has 20 heavy (non-hydrogen) atoms. The van der Waals surface area contributed by atoms with E-state index in [1.165, 1.54) is 21.9 Å². The second-order valence-electron chi connectivity index (χ2n) is 4.31. The van der Waals surface area contributed by atoms with Crippen LogP contribution in [0.4, 0.5) is 0 Å². The van der Waals surface area contributed by atoms with E-state index < -0.39 is 0 Å². The fraction of sp³-hybridized carbons (Fsp3) is 0.353. The first-order chi connectivity index (χ1) is 9.67. The number of nitrogens with one attached hydrogen (secondary N) is 1. The van der Waals surface area contributed by atoms with Gasteiger partial charge in [-0.3, -0.25) is 4.98 Å². The molecule has 0 atom stereocenters. The van der Waals surface area contributed by atoms with Crippen molar-refractivity contribution in [3.8, 4) is 0 Å². The summed E-state index contributed by atoms with van der Waals surface area (Å²) in [6.45, 7) is 10.1. The lowest BCUT2D eigenvalue weighted by Crippen LogP contribution is -1.79. The van der Waals surface area contributed by atoms with Gasteiger partial charge in [-0.15, -0.1) is 0 Å². The van der Waals surface area contributed by atoms with Gasteiger partial charge >= 0.3 is 0 Å². The predicted molar refractivity (Wildman–Crippen MR) is 87.2 cm³/mol. The Balaban J connectivity index is 0.000000357. The highest BCUT2D eigenvalue weighted by Crippen LogP contribution is 2.26. The van der Waals surface area contributed by atoms with Gasteiger partial charge in [0.1, 0.15) is 0 Å². The number of rotatable bonds is 0. The smallest absolute Gasteiger partial charge is 0.0681 e. The monoisotopic (exact) mass is 272 g/mol. The van der Waals surface area contributed by atoms with E-state index in [0.29, 0.717) is 0 Å². The zero-order valence-corrected chi connectivity index (χ0v) is 13.0. The molecule has 0 amide bonds. The molecule has 0 saturated heterocycles. The van der Waals surface area contributed by atoms with Gasteiger partial charge in [0.05, 0.1) is 11.2 Å². The van der Waals surface area contributed by atoms with E-state index in [4.69, 9.17) is 5.11 Å². The number of hydrogen-bond donors (Lipinski definition) is 2. The number of H-pyrrole nitrogens is 1. The van der Waals surface area contributed by atoms with Gasteiger partial charge in [0.15, 0.2) is 0 Å². The molecule has 0 spiro atoms. The van der Waals surface area contributed by atoms with E-state index in [-0.39, 0.29) is 6.61 Å². The third-order valence-corrected chi connectivity index (χ3v) is 2.87. The molecule has 0 aliphatic heterocycles. The van der Waals surface area contributed by atoms with Crippen molar-refractivity contribution in [3.05, 3.63) is 41.7 Å². The average Bonchev–Trinajstić information content (AvgIpc) is 2.81. The number of aromatic nitrogens is 2. The number of aromatic amines is 1. The van der Waals surface area contributed by atoms with Gasteiger partial charge in [0.25, 0.3) is 0 Å². The quantitative estimate of drug-likeness (QED) is 0.639. The van der Waals surface area contributed by atoms with Gasteiger partial charge in [0.2, 0.25) is 0 Å². The second-order valence-corrected chi connectivity index (χ2v) is 4.31. The summed E-state index contributed by atoms with van der Waals surface area (Å²) in [5.41, 5.74) is 4.68. The third kappa shape index (κ3) is 3.36. The molecule has 3 heteroatoms. The van der Waals surface area contributed by atoms with Gasteiger partial charge in [-0.2, -0.15) is 0 Å². The molecule has 0 unspecified atom stereocenters. The van der Waals surface area contributed by atoms with Crippen LogP contribution in [0.25, 0.3) is 21.8 Å². The minimum absolute atomic E-state index is 0.250. The van der Waals surface area contributed by atoms with Crippen molar-refractivity contribution in [2.45, 2.75) is 34.6 Å². The lowest BCUT2D eigenvalue weighted by molar-refractivity contribution is 0.318. The zero-order valence-electron chi connectivity index (χ0n) is 13.0. The molecule has 3 rings (SSSR count). The number of aliphatic hydroxyl groups is 1. The lowest BCUT2D eigenvalue weighted by atomic mass is 10.1. The van der Waals surface area contributed by atoms with Crippen LogP contribution in [-0.4, -0.2) is 21.7 Å². The van der Waals surface area contributed by atoms with E-state index >= 15 is 0 Å². The van der Waals surface area contributed by atoms with Gasteiger partial charge in [-0.25, -0.2) is 0 Å². The summed E-state index contributed by atoms with van der Waals surface area (Å²) in [6, 6.07) is 8.56. The van der Waals surface area contributed by atoms with Crippen LogP contribution in [0.1, 0.15) is 32.0 Å². The van der Waals surface area contributed by atoms with Crippen LogP contribution >= 0.6 is 0 Å². The molecule has 108 valence electrons. The summed E-state index contributed by atoms with van der Waals surface area (Å²) in [5.74, 6) is 0. The van der Waals surface area contributed by atoms with Crippen LogP contribution in [0.2, 0.25) is 0 Å². The summed E-state index contributed by atoms with van der Waals surface area (Å²) < 4.78 is 0. The van der Waals surface area contributed by atoms with Gasteiger partial charge in [-0.1, -0.05) is 26.0 Å². The first-order valence-corrected chi connectivity index (χ1v) is 7.12. The van der Waals surface area contributed by atoms with Crippen LogP contribution in [-0.2, 0) is 0 Å². The van der Waals surface area contributed by atoms with Crippen molar-refractivity contribution in [3.63, 3.8) is 0 Å². The van der Waals surface area contributed by atoms with Crippen LogP contribution in [0, 0.1) is 13.8 Å². The standard InChI is InChI=1S/C13H12N2.C2H6O.C2H6/c1-8-3-4-10-11-5-6-14-9(2)13(11)15-12(10)7-8;1-2-3;1-2/h3-7,15H,1-2H3;3H,2H2,1H3;1-2H3. The summed E-state index contributed by atoms with van der Waals surface area (Å²) in [7, 11) is 0. The molecule has 2 N–H and O–H groups in total. The molecule has 0 bridgehead atoms. The Morgan fingerprint density at radius 3 is 2.40 bits per heavy atom. The van der Waals surface area contributed by atoms with E-state index in [2.05, 4.69) is 41.2 Å². The van der Waals surface area contributed by atoms with Crippen molar-refractivity contribution >= 4 is 21.8 Å². The van der Waals surface area contributed by atoms with Crippen LogP contribution < -0.4 is 0 Å². The number of aliphatic hydroxyl groups excluding tert-OH is 1. The van der Waals surface area contributed by atoms with Crippen molar-refractivity contribution in [1.29, 1.82) is 0 Å². The molecule has 1 aromatic carbocycles. The molecule has 3 nitrogen and oxygen atoms in total. The van der Waals surface area contributed by atoms with E-state index in [1.54, 1.807) is 6.92 Å². The van der Waals surface area contributed by atoms with Gasteiger partial charge in [-0.05, 0) is 38.5 Å². The SMILES string of the molecule is CC.CCO.Cc1ccc2c(c1)[nH]c1c(C)nccc12. The minimum Gasteiger partial charge on any atom is -0.397 e. The Morgan fingerprint density at radius 2 is 1.75 bits per heavy atom. The first kappa shape index (κ1) is 16.2. The van der Waals surface area contributed by atoms with Gasteiger partial charge in [0, 0.05) is 29.1 Å². The van der Waals surface area contributed by atoms with Crippen molar-refractivity contribution < 1.29 is 5.11 Å². The average molecular weight is 272 g/mol. The van der Waals surface area contributed by atoms with Crippen molar-refractivity contribution in [1.82, 2.24) is 9.97 Å². The number of nitrogens with zero attached hydrogens (tertiary/aromatic N) is 1. The molecular weight excluding hydrogens is 248 g/mol. The molecule has 3 aromatic rings. The van der Waals surface area contributed by atoms with Crippen LogP contribution in [0.3, 0.4) is 0 Å². The maximum absolute atomic E-state index is 7.57. The lowest BCUT2D eigenvalue weighted by Gasteiger charge is -1.93. The largest absolute Gasteiger partial charge is 0.397 e. The predicted octanol–water partition coefficient (Wildman–Crippen LogP) is 4.36. The molecule has 2 aromatic heterocycles. The molecular formula is C17H24N2O. The van der Waals surface area contributed by atoms with Crippen molar-refractivity contribution in [2.75, 3.05) is 6.61 Å². The normalized spacial score (nSPS) is 9.70. The van der Waals surface area contributed by atoms with Crippen LogP contribution in [0.15, 0.2) is 30.5 Å². The minimum atomic E-state index is 0.250. The van der Waals surface area contributed by atoms with Crippen LogP contribution in [0.5, 0.6) is 0 Å². The number of fused-ring (bicyclic) bond motifs is 3. The zero-order chi connectivity index (χ0) is 15.1. The van der Waals surface area contributed by atoms with Crippen molar-refractivity contribution in [2.24, 2.45) is 0 Å². The highest BCUT2D eigenvalue weighted by atomic mass is 16.2. The fourth-order valence-electron chi connectivity index (χ4n) is 2.08. The Labute approximate surface area is 120 Å². The maximum atomic E-state index is 7.57. The fourth-order valence-corrected chi connectivity index (χ4v) is 2.08. The van der Waals surface area contributed by atoms with E-state index in [1.807, 2.05) is 27.0 Å². The number of pyridine rings is 1. The Bertz CT molecular complexity index is 671. The molecule has 0 aliphatic carbocycles. The Kier molecular flexibility index (Phi) is 6.19. The maximum Gasteiger partial charge on any atom is 0.0681 e. The summed E-state index contributed by atoms with van der Waals surface area (Å²) >= 11 is 0. The molecule has 0 fully saturated rings. The highest BCUT2D eigenvalue weighted by Gasteiger charge is 2.05. The summed E-state index contributed by atoms with van der Waals surface area (Å²) in [5, 5.41) is 10.1. The van der Waals surface area contributed by atoms with E-state index in [9.17, 15) is 0 Å². The first-order valence-electron chi connectivity index (χ1n) is 7.12. The summed E-state index contributed by atoms with van der Waals surface area (Å²) in [4.78, 5) is 7.72. The molecule has 0 saturated carbocycles. The Morgan fingerprint density at radius 1 is 1.10 bits per heavy atom.